The van der Waals surface area contributed by atoms with Gasteiger partial charge in [-0.3, -0.25) is 0 Å². The van der Waals surface area contributed by atoms with Gasteiger partial charge in [0.15, 0.2) is 0 Å². The lowest BCUT2D eigenvalue weighted by atomic mass is 10.1. The predicted molar refractivity (Wildman–Crippen MR) is 68.3 cm³/mol. The molecule has 0 fully saturated rings. The number of aromatic nitrogens is 1. The first-order chi connectivity index (χ1) is 8.56. The molecule has 1 aromatic heterocycles. The zero-order chi connectivity index (χ0) is 13.5. The predicted octanol–water partition coefficient (Wildman–Crippen LogP) is 0.378. The van der Waals surface area contributed by atoms with Gasteiger partial charge in [-0.2, -0.15) is 0 Å². The van der Waals surface area contributed by atoms with Gasteiger partial charge in [0.05, 0.1) is 13.2 Å². The van der Waals surface area contributed by atoms with Crippen LogP contribution in [0.1, 0.15) is 23.7 Å². The van der Waals surface area contributed by atoms with Gasteiger partial charge in [-0.1, -0.05) is 0 Å². The summed E-state index contributed by atoms with van der Waals surface area (Å²) in [6, 6.07) is 3.00. The van der Waals surface area contributed by atoms with Crippen molar-refractivity contribution in [2.24, 2.45) is 5.73 Å². The number of aliphatic hydroxyl groups is 1. The van der Waals surface area contributed by atoms with Gasteiger partial charge in [-0.15, -0.1) is 0 Å². The number of ether oxygens (including phenoxy) is 1. The molecule has 1 aromatic rings. The first-order valence-electron chi connectivity index (χ1n) is 5.77. The molecule has 0 aliphatic heterocycles. The smallest absolute Gasteiger partial charge is 0.341 e. The Hall–Kier alpha value is -1.66. The minimum absolute atomic E-state index is 0.303. The van der Waals surface area contributed by atoms with Crippen LogP contribution in [0.5, 0.6) is 0 Å². The second-order valence-electron chi connectivity index (χ2n) is 4.01. The van der Waals surface area contributed by atoms with E-state index in [1.807, 2.05) is 0 Å². The second kappa shape index (κ2) is 6.93. The lowest BCUT2D eigenvalue weighted by Gasteiger charge is -2.15. The number of nitrogens with one attached hydrogen (secondary N) is 1. The van der Waals surface area contributed by atoms with E-state index in [1.54, 1.807) is 25.3 Å². The molecule has 1 heterocycles. The maximum Gasteiger partial charge on any atom is 0.341 e. The number of nitrogens with zero attached hydrogens (tertiary/aromatic N) is 1. The third-order valence-corrected chi connectivity index (χ3v) is 2.60. The van der Waals surface area contributed by atoms with Crippen LogP contribution in [0.25, 0.3) is 0 Å². The highest BCUT2D eigenvalue weighted by Crippen LogP contribution is 2.12. The van der Waals surface area contributed by atoms with Gasteiger partial charge in [0.25, 0.3) is 0 Å². The van der Waals surface area contributed by atoms with Crippen LogP contribution in [0.2, 0.25) is 0 Å². The van der Waals surface area contributed by atoms with Gasteiger partial charge >= 0.3 is 5.97 Å². The molecule has 0 bridgehead atoms. The SMILES string of the molecule is COC(=O)c1cccnc1NCCC(N)C(C)O. The number of anilines is 1. The fourth-order valence-electron chi connectivity index (χ4n) is 1.42. The Morgan fingerprint density at radius 3 is 3.00 bits per heavy atom. The van der Waals surface area contributed by atoms with Crippen molar-refractivity contribution in [3.05, 3.63) is 23.9 Å². The van der Waals surface area contributed by atoms with E-state index >= 15 is 0 Å². The van der Waals surface area contributed by atoms with E-state index in [2.05, 4.69) is 15.0 Å². The fraction of sp³-hybridized carbons (Fsp3) is 0.500. The molecular formula is C12H19N3O3. The average Bonchev–Trinajstić information content (AvgIpc) is 2.38. The number of hydrogen-bond donors (Lipinski definition) is 3. The Morgan fingerprint density at radius 2 is 2.39 bits per heavy atom. The van der Waals surface area contributed by atoms with Gasteiger partial charge in [0.2, 0.25) is 0 Å². The topological polar surface area (TPSA) is 97.5 Å². The zero-order valence-electron chi connectivity index (χ0n) is 10.6. The van der Waals surface area contributed by atoms with Crippen molar-refractivity contribution in [2.45, 2.75) is 25.5 Å². The molecule has 0 radical (unpaired) electrons. The van der Waals surface area contributed by atoms with Crippen molar-refractivity contribution < 1.29 is 14.6 Å². The highest BCUT2D eigenvalue weighted by Gasteiger charge is 2.13. The van der Waals surface area contributed by atoms with Crippen molar-refractivity contribution in [1.29, 1.82) is 0 Å². The fourth-order valence-corrected chi connectivity index (χ4v) is 1.42. The van der Waals surface area contributed by atoms with Crippen LogP contribution in [0.15, 0.2) is 18.3 Å². The van der Waals surface area contributed by atoms with E-state index in [4.69, 9.17) is 5.73 Å². The molecule has 0 saturated carbocycles. The molecule has 1 rings (SSSR count). The molecule has 4 N–H and O–H groups in total. The summed E-state index contributed by atoms with van der Waals surface area (Å²) in [5.41, 5.74) is 6.08. The van der Waals surface area contributed by atoms with Gasteiger partial charge < -0.3 is 20.9 Å². The summed E-state index contributed by atoms with van der Waals surface area (Å²) in [6.45, 7) is 2.17. The number of carbonyl (C=O) groups is 1. The Morgan fingerprint density at radius 1 is 1.67 bits per heavy atom. The number of pyridine rings is 1. The first kappa shape index (κ1) is 14.4. The quantitative estimate of drug-likeness (QED) is 0.634. The number of rotatable bonds is 6. The Kier molecular flexibility index (Phi) is 5.54. The number of aliphatic hydroxyl groups excluding tert-OH is 1. The van der Waals surface area contributed by atoms with E-state index in [1.165, 1.54) is 7.11 Å². The molecule has 2 unspecified atom stereocenters. The maximum atomic E-state index is 11.5. The van der Waals surface area contributed by atoms with Crippen LogP contribution in [0.4, 0.5) is 5.82 Å². The molecule has 0 saturated heterocycles. The minimum atomic E-state index is -0.560. The summed E-state index contributed by atoms with van der Waals surface area (Å²) in [5, 5.41) is 12.3. The number of hydrogen-bond acceptors (Lipinski definition) is 6. The maximum absolute atomic E-state index is 11.5. The van der Waals surface area contributed by atoms with Crippen LogP contribution >= 0.6 is 0 Å². The summed E-state index contributed by atoms with van der Waals surface area (Å²) in [7, 11) is 1.32. The van der Waals surface area contributed by atoms with Crippen molar-refractivity contribution in [2.75, 3.05) is 19.0 Å². The van der Waals surface area contributed by atoms with Gasteiger partial charge in [0.1, 0.15) is 11.4 Å². The van der Waals surface area contributed by atoms with E-state index in [9.17, 15) is 9.90 Å². The van der Waals surface area contributed by atoms with E-state index in [0.717, 1.165) is 0 Å². The molecule has 0 aliphatic carbocycles. The van der Waals surface area contributed by atoms with Crippen LogP contribution in [0.3, 0.4) is 0 Å². The van der Waals surface area contributed by atoms with Gasteiger partial charge in [-0.05, 0) is 25.5 Å². The summed E-state index contributed by atoms with van der Waals surface area (Å²) >= 11 is 0. The summed E-state index contributed by atoms with van der Waals surface area (Å²) in [6.07, 6.45) is 1.61. The molecule has 0 aromatic carbocycles. The highest BCUT2D eigenvalue weighted by atomic mass is 16.5. The standard InChI is InChI=1S/C12H19N3O3/c1-8(16)10(13)5-7-15-11-9(12(17)18-2)4-3-6-14-11/h3-4,6,8,10,16H,5,7,13H2,1-2H3,(H,14,15). The molecule has 2 atom stereocenters. The van der Waals surface area contributed by atoms with Crippen molar-refractivity contribution in [3.8, 4) is 0 Å². The molecular weight excluding hydrogens is 234 g/mol. The lowest BCUT2D eigenvalue weighted by Crippen LogP contribution is -2.34. The largest absolute Gasteiger partial charge is 0.465 e. The molecule has 0 spiro atoms. The van der Waals surface area contributed by atoms with Crippen molar-refractivity contribution in [3.63, 3.8) is 0 Å². The number of esters is 1. The Labute approximate surface area is 106 Å². The molecule has 0 amide bonds. The van der Waals surface area contributed by atoms with Gasteiger partial charge in [0, 0.05) is 18.8 Å². The van der Waals surface area contributed by atoms with E-state index < -0.39 is 12.1 Å². The Bertz CT molecular complexity index is 396. The number of methoxy groups -OCH3 is 1. The van der Waals surface area contributed by atoms with Crippen LogP contribution in [0, 0.1) is 0 Å². The highest BCUT2D eigenvalue weighted by molar-refractivity contribution is 5.94. The van der Waals surface area contributed by atoms with Gasteiger partial charge in [-0.25, -0.2) is 9.78 Å². The molecule has 100 valence electrons. The van der Waals surface area contributed by atoms with Crippen LogP contribution < -0.4 is 11.1 Å². The number of nitrogens with two attached hydrogens (primary N) is 1. The first-order valence-corrected chi connectivity index (χ1v) is 5.77. The minimum Gasteiger partial charge on any atom is -0.465 e. The van der Waals surface area contributed by atoms with E-state index in [-0.39, 0.29) is 6.04 Å². The van der Waals surface area contributed by atoms with E-state index in [0.29, 0.717) is 24.3 Å². The van der Waals surface area contributed by atoms with Crippen LogP contribution in [-0.4, -0.2) is 41.9 Å². The average molecular weight is 253 g/mol. The number of carbonyl (C=O) groups excluding carboxylic acids is 1. The zero-order valence-corrected chi connectivity index (χ0v) is 10.6. The van der Waals surface area contributed by atoms with Crippen molar-refractivity contribution in [1.82, 2.24) is 4.98 Å². The summed E-state index contributed by atoms with van der Waals surface area (Å²) in [5.74, 6) is 0.0209. The lowest BCUT2D eigenvalue weighted by molar-refractivity contribution is 0.0601. The third kappa shape index (κ3) is 3.97. The van der Waals surface area contributed by atoms with Crippen LogP contribution in [-0.2, 0) is 4.74 Å². The van der Waals surface area contributed by atoms with Crippen molar-refractivity contribution >= 4 is 11.8 Å². The Balaban J connectivity index is 2.59. The molecule has 6 heteroatoms. The summed E-state index contributed by atoms with van der Waals surface area (Å²) in [4.78, 5) is 15.5. The third-order valence-electron chi connectivity index (χ3n) is 2.60. The molecule has 0 aliphatic rings. The second-order valence-corrected chi connectivity index (χ2v) is 4.01. The molecule has 18 heavy (non-hydrogen) atoms. The normalized spacial score (nSPS) is 13.8. The molecule has 6 nitrogen and oxygen atoms in total. The summed E-state index contributed by atoms with van der Waals surface area (Å²) < 4.78 is 4.66. The monoisotopic (exact) mass is 253 g/mol.